The molecule has 1 amide bonds. The number of rotatable bonds is 5. The Hall–Kier alpha value is -2.56. The van der Waals surface area contributed by atoms with E-state index < -0.39 is 5.91 Å². The van der Waals surface area contributed by atoms with E-state index in [9.17, 15) is 9.90 Å². The van der Waals surface area contributed by atoms with Gasteiger partial charge in [-0.25, -0.2) is 5.43 Å². The smallest absolute Gasteiger partial charge is 0.275 e. The number of benzene rings is 1. The van der Waals surface area contributed by atoms with Gasteiger partial charge in [0.2, 0.25) is 0 Å². The molecule has 128 valence electrons. The number of carbonyl (C=O) groups excluding carboxylic acids is 1. The minimum Gasteiger partial charge on any atom is -0.507 e. The quantitative estimate of drug-likeness (QED) is 0.649. The van der Waals surface area contributed by atoms with E-state index in [0.717, 1.165) is 16.8 Å². The number of hydrazone groups is 1. The van der Waals surface area contributed by atoms with Crippen molar-refractivity contribution < 1.29 is 9.90 Å². The maximum absolute atomic E-state index is 12.4. The summed E-state index contributed by atoms with van der Waals surface area (Å²) < 4.78 is 1.89. The summed E-state index contributed by atoms with van der Waals surface area (Å²) >= 11 is 0. The Morgan fingerprint density at radius 2 is 1.96 bits per heavy atom. The van der Waals surface area contributed by atoms with Crippen LogP contribution in [0.3, 0.4) is 0 Å². The van der Waals surface area contributed by atoms with Crippen LogP contribution in [0.2, 0.25) is 0 Å². The molecule has 0 spiro atoms. The Labute approximate surface area is 143 Å². The molecule has 0 aliphatic carbocycles. The van der Waals surface area contributed by atoms with Gasteiger partial charge in [0.05, 0.1) is 17.5 Å². The first kappa shape index (κ1) is 17.8. The molecule has 2 rings (SSSR count). The third-order valence-corrected chi connectivity index (χ3v) is 4.04. The molecule has 2 aromatic rings. The summed E-state index contributed by atoms with van der Waals surface area (Å²) in [6.07, 6.45) is 3.47. The Morgan fingerprint density at radius 1 is 1.25 bits per heavy atom. The average Bonchev–Trinajstić information content (AvgIpc) is 2.92. The van der Waals surface area contributed by atoms with Crippen molar-refractivity contribution in [2.24, 2.45) is 12.1 Å². The summed E-state index contributed by atoms with van der Waals surface area (Å²) in [7, 11) is 1.90. The summed E-state index contributed by atoms with van der Waals surface area (Å²) in [4.78, 5) is 12.4. The van der Waals surface area contributed by atoms with Crippen molar-refractivity contribution in [3.05, 3.63) is 52.8 Å². The van der Waals surface area contributed by atoms with Gasteiger partial charge in [-0.3, -0.25) is 4.79 Å². The molecule has 0 atom stereocenters. The lowest BCUT2D eigenvalue weighted by molar-refractivity contribution is 0.0952. The lowest BCUT2D eigenvalue weighted by atomic mass is 9.92. The average molecular weight is 327 g/mol. The first-order chi connectivity index (χ1) is 11.3. The highest BCUT2D eigenvalue weighted by Crippen LogP contribution is 2.32. The minimum atomic E-state index is -0.414. The predicted molar refractivity (Wildman–Crippen MR) is 96.8 cm³/mol. The fraction of sp³-hybridized carbons (Fsp3) is 0.368. The van der Waals surface area contributed by atoms with E-state index in [2.05, 4.69) is 24.4 Å². The molecule has 0 aliphatic heterocycles. The molecular weight excluding hydrogens is 302 g/mol. The molecule has 0 bridgehead atoms. The van der Waals surface area contributed by atoms with E-state index in [-0.39, 0.29) is 23.1 Å². The van der Waals surface area contributed by atoms with Gasteiger partial charge in [0.25, 0.3) is 5.91 Å². The van der Waals surface area contributed by atoms with Gasteiger partial charge >= 0.3 is 0 Å². The lowest BCUT2D eigenvalue weighted by Gasteiger charge is -2.16. The van der Waals surface area contributed by atoms with Crippen LogP contribution in [0.15, 0.2) is 35.6 Å². The summed E-state index contributed by atoms with van der Waals surface area (Å²) in [5.74, 6) is 0.00645. The summed E-state index contributed by atoms with van der Waals surface area (Å²) in [5.41, 5.74) is 5.42. The molecule has 1 aromatic carbocycles. The molecule has 0 fully saturated rings. The monoisotopic (exact) mass is 327 g/mol. The zero-order chi connectivity index (χ0) is 17.9. The van der Waals surface area contributed by atoms with Crippen LogP contribution in [-0.2, 0) is 7.05 Å². The molecule has 0 radical (unpaired) electrons. The van der Waals surface area contributed by atoms with Crippen LogP contribution in [-0.4, -0.2) is 21.8 Å². The fourth-order valence-electron chi connectivity index (χ4n) is 2.45. The Bertz CT molecular complexity index is 758. The second kappa shape index (κ2) is 7.34. The van der Waals surface area contributed by atoms with Crippen LogP contribution in [0.4, 0.5) is 0 Å². The van der Waals surface area contributed by atoms with E-state index in [1.165, 1.54) is 0 Å². The number of carbonyl (C=O) groups is 1. The van der Waals surface area contributed by atoms with E-state index >= 15 is 0 Å². The highest BCUT2D eigenvalue weighted by molar-refractivity contribution is 5.98. The third kappa shape index (κ3) is 3.85. The van der Waals surface area contributed by atoms with Gasteiger partial charge in [0.15, 0.2) is 0 Å². The molecule has 0 aliphatic rings. The van der Waals surface area contributed by atoms with Crippen molar-refractivity contribution >= 4 is 12.1 Å². The van der Waals surface area contributed by atoms with Gasteiger partial charge in [0.1, 0.15) is 5.75 Å². The molecular formula is C19H25N3O2. The lowest BCUT2D eigenvalue weighted by Crippen LogP contribution is -2.19. The molecule has 1 aromatic heterocycles. The topological polar surface area (TPSA) is 66.6 Å². The molecule has 0 saturated heterocycles. The first-order valence-corrected chi connectivity index (χ1v) is 8.12. The zero-order valence-electron chi connectivity index (χ0n) is 14.9. The van der Waals surface area contributed by atoms with Crippen LogP contribution in [0.1, 0.15) is 66.7 Å². The van der Waals surface area contributed by atoms with Crippen molar-refractivity contribution in [1.29, 1.82) is 0 Å². The molecule has 0 unspecified atom stereocenters. The molecule has 5 nitrogen and oxygen atoms in total. The summed E-state index contributed by atoms with van der Waals surface area (Å²) in [5, 5.41) is 14.4. The first-order valence-electron chi connectivity index (χ1n) is 8.12. The predicted octanol–water partition coefficient (Wildman–Crippen LogP) is 3.74. The molecule has 5 heteroatoms. The molecule has 1 heterocycles. The number of aromatic nitrogens is 1. The van der Waals surface area contributed by atoms with Gasteiger partial charge in [-0.15, -0.1) is 0 Å². The van der Waals surface area contributed by atoms with Crippen molar-refractivity contribution in [2.75, 3.05) is 0 Å². The standard InChI is InChI=1S/C19H25N3O2/c1-12(2)14-9-16(13(3)4)18(23)17(10-14)19(24)21-20-11-15-7-6-8-22(15)5/h6-13,23H,1-5H3,(H,21,24)/b20-11-. The maximum atomic E-state index is 12.4. The van der Waals surface area contributed by atoms with Crippen LogP contribution in [0, 0.1) is 0 Å². The Balaban J connectivity index is 2.28. The number of nitrogens with one attached hydrogen (secondary N) is 1. The second-order valence-corrected chi connectivity index (χ2v) is 6.56. The van der Waals surface area contributed by atoms with Crippen LogP contribution in [0.25, 0.3) is 0 Å². The van der Waals surface area contributed by atoms with Crippen molar-refractivity contribution in [3.8, 4) is 5.75 Å². The normalized spacial score (nSPS) is 11.6. The van der Waals surface area contributed by atoms with Gasteiger partial charge in [0, 0.05) is 13.2 Å². The molecule has 2 N–H and O–H groups in total. The van der Waals surface area contributed by atoms with Gasteiger partial charge in [-0.1, -0.05) is 33.8 Å². The molecule has 24 heavy (non-hydrogen) atoms. The molecule has 0 saturated carbocycles. The highest BCUT2D eigenvalue weighted by Gasteiger charge is 2.18. The number of phenolic OH excluding ortho intramolecular Hbond substituents is 1. The highest BCUT2D eigenvalue weighted by atomic mass is 16.3. The van der Waals surface area contributed by atoms with Crippen LogP contribution in [0.5, 0.6) is 5.75 Å². The maximum Gasteiger partial charge on any atom is 0.275 e. The number of aromatic hydroxyl groups is 1. The fourth-order valence-corrected chi connectivity index (χ4v) is 2.45. The van der Waals surface area contributed by atoms with Gasteiger partial charge < -0.3 is 9.67 Å². The van der Waals surface area contributed by atoms with E-state index in [0.29, 0.717) is 0 Å². The van der Waals surface area contributed by atoms with E-state index in [4.69, 9.17) is 0 Å². The zero-order valence-corrected chi connectivity index (χ0v) is 14.9. The van der Waals surface area contributed by atoms with Crippen molar-refractivity contribution in [1.82, 2.24) is 9.99 Å². The summed E-state index contributed by atoms with van der Waals surface area (Å²) in [6.45, 7) is 8.11. The number of hydrogen-bond donors (Lipinski definition) is 2. The van der Waals surface area contributed by atoms with Crippen LogP contribution < -0.4 is 5.43 Å². The van der Waals surface area contributed by atoms with E-state index in [1.807, 2.05) is 49.9 Å². The second-order valence-electron chi connectivity index (χ2n) is 6.56. The van der Waals surface area contributed by atoms with Gasteiger partial charge in [-0.05, 0) is 41.2 Å². The number of hydrogen-bond acceptors (Lipinski definition) is 3. The number of phenols is 1. The largest absolute Gasteiger partial charge is 0.507 e. The Morgan fingerprint density at radius 3 is 2.50 bits per heavy atom. The van der Waals surface area contributed by atoms with Gasteiger partial charge in [-0.2, -0.15) is 5.10 Å². The third-order valence-electron chi connectivity index (χ3n) is 4.04. The minimum absolute atomic E-state index is 0.0287. The van der Waals surface area contributed by atoms with Crippen LogP contribution >= 0.6 is 0 Å². The van der Waals surface area contributed by atoms with Crippen molar-refractivity contribution in [3.63, 3.8) is 0 Å². The SMILES string of the molecule is CC(C)c1cc(C(=O)N/N=C\c2cccn2C)c(O)c(C(C)C)c1. The number of aryl methyl sites for hydroxylation is 1. The number of amides is 1. The van der Waals surface area contributed by atoms with E-state index in [1.54, 1.807) is 12.3 Å². The van der Waals surface area contributed by atoms with Crippen molar-refractivity contribution in [2.45, 2.75) is 39.5 Å². The Kier molecular flexibility index (Phi) is 5.44. The number of nitrogens with zero attached hydrogens (tertiary/aromatic N) is 2. The summed E-state index contributed by atoms with van der Waals surface area (Å²) in [6, 6.07) is 7.49.